The van der Waals surface area contributed by atoms with Gasteiger partial charge in [0.2, 0.25) is 0 Å². The summed E-state index contributed by atoms with van der Waals surface area (Å²) in [4.78, 5) is 34.9. The molecule has 0 fully saturated rings. The van der Waals surface area contributed by atoms with Gasteiger partial charge in [0.05, 0.1) is 0 Å². The summed E-state index contributed by atoms with van der Waals surface area (Å²) in [5.41, 5.74) is 0. The quantitative estimate of drug-likeness (QED) is 0.261. The lowest BCUT2D eigenvalue weighted by Gasteiger charge is -2.33. The van der Waals surface area contributed by atoms with Crippen molar-refractivity contribution in [2.45, 2.75) is 23.7 Å². The Bertz CT molecular complexity index is 447. The molecule has 0 aliphatic rings. The maximum atomic E-state index is 10.9. The van der Waals surface area contributed by atoms with Crippen molar-refractivity contribution in [2.75, 3.05) is 0 Å². The summed E-state index contributed by atoms with van der Waals surface area (Å²) < 4.78 is 52.1. The first-order valence-corrected chi connectivity index (χ1v) is 8.72. The van der Waals surface area contributed by atoms with Crippen molar-refractivity contribution >= 4 is 25.3 Å². The molecule has 0 aromatic rings. The summed E-state index contributed by atoms with van der Waals surface area (Å²) in [6, 6.07) is 0. The van der Waals surface area contributed by atoms with Crippen molar-refractivity contribution in [1.82, 2.24) is 0 Å². The summed E-state index contributed by atoms with van der Waals surface area (Å²) in [6.45, 7) is 0.967. The zero-order chi connectivity index (χ0) is 14.3. The van der Waals surface area contributed by atoms with Gasteiger partial charge in [-0.15, -0.1) is 0 Å². The minimum Gasteiger partial charge on any atom is -0.366 e. The molecule has 0 amide bonds. The van der Waals surface area contributed by atoms with E-state index < -0.39 is 42.1 Å². The Hall–Kier alpha value is 0.170. The Morgan fingerprint density at radius 2 is 1.41 bits per heavy atom. The van der Waals surface area contributed by atoms with Crippen molar-refractivity contribution in [1.29, 1.82) is 0 Å². The smallest absolute Gasteiger partial charge is 0.366 e. The predicted octanol–water partition coefficient (Wildman–Crippen LogP) is -1.35. The second-order valence-corrected chi connectivity index (χ2v) is 8.68. The summed E-state index contributed by atoms with van der Waals surface area (Å²) in [7, 11) is -17.1. The van der Waals surface area contributed by atoms with E-state index in [1.54, 1.807) is 0 Å². The predicted molar refractivity (Wildman–Crippen MR) is 54.7 cm³/mol. The standard InChI is InChI=1S/C4H12O10P2S/c1-2-3(17(12,13)14)4(5,15(6,7)8)16(9,10)11/h3,5H,2H2,1H3,(H2,6,7,8)(H2,9,10,11)(H,12,13,14). The van der Waals surface area contributed by atoms with Gasteiger partial charge in [-0.2, -0.15) is 8.42 Å². The van der Waals surface area contributed by atoms with Gasteiger partial charge >= 0.3 is 15.2 Å². The van der Waals surface area contributed by atoms with Gasteiger partial charge in [-0.3, -0.25) is 13.7 Å². The second-order valence-electron chi connectivity index (χ2n) is 3.19. The molecule has 0 heterocycles. The Balaban J connectivity index is 6.20. The van der Waals surface area contributed by atoms with Gasteiger partial charge in [0.25, 0.3) is 15.2 Å². The van der Waals surface area contributed by atoms with Gasteiger partial charge in [-0.05, 0) is 6.42 Å². The molecule has 0 aliphatic heterocycles. The molecule has 0 spiro atoms. The zero-order valence-electron chi connectivity index (χ0n) is 8.40. The van der Waals surface area contributed by atoms with Crippen LogP contribution in [-0.4, -0.2) is 48.0 Å². The normalized spacial score (nSPS) is 16.9. The van der Waals surface area contributed by atoms with Crippen molar-refractivity contribution in [3.8, 4) is 0 Å². The molecule has 0 aliphatic carbocycles. The van der Waals surface area contributed by atoms with Crippen LogP contribution in [0.15, 0.2) is 0 Å². The van der Waals surface area contributed by atoms with Crippen molar-refractivity contribution < 1.29 is 46.8 Å². The highest BCUT2D eigenvalue weighted by molar-refractivity contribution is 7.88. The van der Waals surface area contributed by atoms with Crippen molar-refractivity contribution in [2.24, 2.45) is 0 Å². The topological polar surface area (TPSA) is 190 Å². The van der Waals surface area contributed by atoms with Gasteiger partial charge in [0.1, 0.15) is 5.25 Å². The van der Waals surface area contributed by atoms with Crippen molar-refractivity contribution in [3.63, 3.8) is 0 Å². The highest BCUT2D eigenvalue weighted by Gasteiger charge is 2.67. The van der Waals surface area contributed by atoms with E-state index in [4.69, 9.17) is 24.1 Å². The van der Waals surface area contributed by atoms with E-state index in [0.29, 0.717) is 0 Å². The van der Waals surface area contributed by atoms with E-state index in [-0.39, 0.29) is 0 Å². The molecule has 0 rings (SSSR count). The van der Waals surface area contributed by atoms with Crippen LogP contribution in [0, 0.1) is 0 Å². The summed E-state index contributed by atoms with van der Waals surface area (Å²) in [6.07, 6.45) is -0.814. The SMILES string of the molecule is CCC(C(O)(P(=O)(O)O)P(=O)(O)O)S(=O)(=O)O. The summed E-state index contributed by atoms with van der Waals surface area (Å²) >= 11 is 0. The average molecular weight is 314 g/mol. The van der Waals surface area contributed by atoms with Crippen LogP contribution in [0.25, 0.3) is 0 Å². The fraction of sp³-hybridized carbons (Fsp3) is 1.00. The molecule has 0 aromatic heterocycles. The molecule has 10 nitrogen and oxygen atoms in total. The van der Waals surface area contributed by atoms with Crippen molar-refractivity contribution in [3.05, 3.63) is 0 Å². The lowest BCUT2D eigenvalue weighted by Crippen LogP contribution is -2.46. The third-order valence-electron chi connectivity index (χ3n) is 2.02. The van der Waals surface area contributed by atoms with Crippen LogP contribution in [0.4, 0.5) is 0 Å². The molecule has 0 aromatic carbocycles. The van der Waals surface area contributed by atoms with Gasteiger partial charge in [0, 0.05) is 0 Å². The van der Waals surface area contributed by atoms with E-state index >= 15 is 0 Å². The molecular weight excluding hydrogens is 302 g/mol. The van der Waals surface area contributed by atoms with Crippen LogP contribution < -0.4 is 0 Å². The maximum absolute atomic E-state index is 10.9. The first-order valence-electron chi connectivity index (χ1n) is 3.99. The van der Waals surface area contributed by atoms with E-state index in [1.807, 2.05) is 0 Å². The second kappa shape index (κ2) is 4.69. The average Bonchev–Trinajstić information content (AvgIpc) is 1.97. The highest BCUT2D eigenvalue weighted by atomic mass is 32.2. The first-order chi connectivity index (χ1) is 7.19. The van der Waals surface area contributed by atoms with Crippen LogP contribution in [0.2, 0.25) is 0 Å². The third-order valence-corrected chi connectivity index (χ3v) is 7.66. The molecule has 0 radical (unpaired) electrons. The monoisotopic (exact) mass is 314 g/mol. The molecule has 1 unspecified atom stereocenters. The molecule has 1 atom stereocenters. The summed E-state index contributed by atoms with van der Waals surface area (Å²) in [5, 5.41) is 2.52. The minimum absolute atomic E-state index is 0.814. The number of hydrogen-bond acceptors (Lipinski definition) is 5. The highest BCUT2D eigenvalue weighted by Crippen LogP contribution is 2.70. The first kappa shape index (κ1) is 17.2. The zero-order valence-corrected chi connectivity index (χ0v) is 11.0. The molecule has 0 bridgehead atoms. The molecule has 17 heavy (non-hydrogen) atoms. The van der Waals surface area contributed by atoms with Gasteiger partial charge < -0.3 is 24.7 Å². The molecule has 0 saturated carbocycles. The van der Waals surface area contributed by atoms with Gasteiger partial charge in [0.15, 0.2) is 0 Å². The molecule has 6 N–H and O–H groups in total. The maximum Gasteiger partial charge on any atom is 0.370 e. The fourth-order valence-electron chi connectivity index (χ4n) is 1.23. The van der Waals surface area contributed by atoms with E-state index in [0.717, 1.165) is 6.92 Å². The third kappa shape index (κ3) is 3.14. The van der Waals surface area contributed by atoms with E-state index in [9.17, 15) is 22.7 Å². The van der Waals surface area contributed by atoms with Crippen LogP contribution in [-0.2, 0) is 19.2 Å². The number of rotatable bonds is 5. The Kier molecular flexibility index (Phi) is 4.74. The Morgan fingerprint density at radius 1 is 1.12 bits per heavy atom. The summed E-state index contributed by atoms with van der Waals surface area (Å²) in [5.74, 6) is 0. The van der Waals surface area contributed by atoms with Gasteiger partial charge in [-0.1, -0.05) is 6.92 Å². The Morgan fingerprint density at radius 3 is 1.47 bits per heavy atom. The molecule has 0 saturated heterocycles. The lowest BCUT2D eigenvalue weighted by atomic mass is 10.3. The van der Waals surface area contributed by atoms with Crippen LogP contribution in [0.3, 0.4) is 0 Å². The Labute approximate surface area is 96.4 Å². The molecule has 13 heteroatoms. The largest absolute Gasteiger partial charge is 0.370 e. The molecular formula is C4H12O10P2S. The fourth-order valence-corrected chi connectivity index (χ4v) is 6.15. The number of hydrogen-bond donors (Lipinski definition) is 6. The molecule has 104 valence electrons. The van der Waals surface area contributed by atoms with E-state index in [1.165, 1.54) is 0 Å². The van der Waals surface area contributed by atoms with Crippen LogP contribution in [0.1, 0.15) is 13.3 Å². The number of aliphatic hydroxyl groups is 1. The van der Waals surface area contributed by atoms with Crippen LogP contribution >= 0.6 is 15.2 Å². The van der Waals surface area contributed by atoms with E-state index in [2.05, 4.69) is 0 Å². The van der Waals surface area contributed by atoms with Crippen LogP contribution in [0.5, 0.6) is 0 Å². The lowest BCUT2D eigenvalue weighted by molar-refractivity contribution is 0.122. The van der Waals surface area contributed by atoms with Gasteiger partial charge in [-0.25, -0.2) is 0 Å². The minimum atomic E-state index is -5.93.